The van der Waals surface area contributed by atoms with E-state index in [1.54, 1.807) is 0 Å². The average Bonchev–Trinajstić information content (AvgIpc) is 2.45. The Bertz CT molecular complexity index is 151. The van der Waals surface area contributed by atoms with Gasteiger partial charge in [0.1, 0.15) is 0 Å². The Hall–Kier alpha value is -0.120. The van der Waals surface area contributed by atoms with Crippen LogP contribution in [0.1, 0.15) is 19.8 Å². The van der Waals surface area contributed by atoms with Crippen molar-refractivity contribution in [1.82, 2.24) is 10.4 Å². The van der Waals surface area contributed by atoms with Crippen LogP contribution in [-0.4, -0.2) is 29.4 Å². The van der Waals surface area contributed by atoms with Crippen molar-refractivity contribution >= 4 is 0 Å². The summed E-state index contributed by atoms with van der Waals surface area (Å²) in [5.41, 5.74) is 0. The highest BCUT2D eigenvalue weighted by Crippen LogP contribution is 2.32. The predicted octanol–water partition coefficient (Wildman–Crippen LogP) is 0.611. The van der Waals surface area contributed by atoms with Crippen LogP contribution in [0.15, 0.2) is 0 Å². The van der Waals surface area contributed by atoms with Crippen molar-refractivity contribution in [2.24, 2.45) is 5.92 Å². The van der Waals surface area contributed by atoms with Crippen LogP contribution in [0.2, 0.25) is 0 Å². The Morgan fingerprint density at radius 1 is 1.55 bits per heavy atom. The summed E-state index contributed by atoms with van der Waals surface area (Å²) in [6, 6.07) is 1.47. The SMILES string of the molecule is C[C]1CCC2CNCC2N1O. The minimum atomic E-state index is 0.351. The molecule has 2 atom stereocenters. The topological polar surface area (TPSA) is 35.5 Å². The third kappa shape index (κ3) is 1.17. The van der Waals surface area contributed by atoms with Gasteiger partial charge in [-0.1, -0.05) is 0 Å². The summed E-state index contributed by atoms with van der Waals surface area (Å²) in [6.45, 7) is 4.03. The molecule has 2 rings (SSSR count). The maximum Gasteiger partial charge on any atom is 0.0639 e. The van der Waals surface area contributed by atoms with Crippen molar-refractivity contribution in [3.05, 3.63) is 6.04 Å². The van der Waals surface area contributed by atoms with Crippen LogP contribution in [0.3, 0.4) is 0 Å². The minimum Gasteiger partial charge on any atom is -0.315 e. The summed E-state index contributed by atoms with van der Waals surface area (Å²) in [7, 11) is 0. The molecule has 2 unspecified atom stereocenters. The minimum absolute atomic E-state index is 0.351. The zero-order valence-electron chi connectivity index (χ0n) is 6.88. The molecule has 0 aliphatic carbocycles. The van der Waals surface area contributed by atoms with E-state index in [1.165, 1.54) is 11.5 Å². The maximum atomic E-state index is 9.60. The van der Waals surface area contributed by atoms with Crippen molar-refractivity contribution in [2.75, 3.05) is 13.1 Å². The van der Waals surface area contributed by atoms with Crippen molar-refractivity contribution in [3.63, 3.8) is 0 Å². The molecular weight excluding hydrogens is 140 g/mol. The Morgan fingerprint density at radius 3 is 3.18 bits per heavy atom. The molecule has 0 saturated carbocycles. The summed E-state index contributed by atoms with van der Waals surface area (Å²) in [5.74, 6) is 0.670. The number of fused-ring (bicyclic) bond motifs is 1. The van der Waals surface area contributed by atoms with Crippen molar-refractivity contribution in [2.45, 2.75) is 25.8 Å². The van der Waals surface area contributed by atoms with Crippen LogP contribution in [0.25, 0.3) is 0 Å². The average molecular weight is 155 g/mol. The van der Waals surface area contributed by atoms with E-state index in [0.29, 0.717) is 12.0 Å². The highest BCUT2D eigenvalue weighted by atomic mass is 16.5. The molecule has 0 spiro atoms. The van der Waals surface area contributed by atoms with E-state index in [9.17, 15) is 5.21 Å². The second-order valence-corrected chi connectivity index (χ2v) is 3.60. The van der Waals surface area contributed by atoms with Crippen LogP contribution >= 0.6 is 0 Å². The van der Waals surface area contributed by atoms with Gasteiger partial charge in [0.15, 0.2) is 0 Å². The normalized spacial score (nSPS) is 40.9. The lowest BCUT2D eigenvalue weighted by molar-refractivity contribution is -0.140. The fourth-order valence-electron chi connectivity index (χ4n) is 2.09. The molecule has 2 aliphatic rings. The Kier molecular flexibility index (Phi) is 1.87. The molecule has 2 aliphatic heterocycles. The second kappa shape index (κ2) is 2.73. The van der Waals surface area contributed by atoms with E-state index >= 15 is 0 Å². The first kappa shape index (κ1) is 7.53. The van der Waals surface area contributed by atoms with Gasteiger partial charge in [-0.15, -0.1) is 0 Å². The largest absolute Gasteiger partial charge is 0.315 e. The fraction of sp³-hybridized carbons (Fsp3) is 0.875. The van der Waals surface area contributed by atoms with Gasteiger partial charge in [0.25, 0.3) is 0 Å². The lowest BCUT2D eigenvalue weighted by atomic mass is 9.90. The molecule has 63 valence electrons. The molecule has 2 heterocycles. The van der Waals surface area contributed by atoms with Crippen LogP contribution < -0.4 is 5.32 Å². The highest BCUT2D eigenvalue weighted by molar-refractivity contribution is 4.98. The fourth-order valence-corrected chi connectivity index (χ4v) is 2.09. The lowest BCUT2D eigenvalue weighted by Gasteiger charge is -2.36. The third-order valence-electron chi connectivity index (χ3n) is 2.89. The number of rotatable bonds is 0. The molecule has 0 aromatic heterocycles. The standard InChI is InChI=1S/C8H15N2O/c1-6-2-3-7-4-9-5-8(7)10(6)11/h7-9,11H,2-5H2,1H3. The first-order chi connectivity index (χ1) is 5.29. The van der Waals surface area contributed by atoms with Gasteiger partial charge in [0.05, 0.1) is 12.1 Å². The number of piperidine rings is 1. The summed E-state index contributed by atoms with van der Waals surface area (Å²) in [5, 5.41) is 14.4. The van der Waals surface area contributed by atoms with E-state index in [1.807, 2.05) is 6.92 Å². The van der Waals surface area contributed by atoms with Crippen molar-refractivity contribution in [1.29, 1.82) is 0 Å². The van der Waals surface area contributed by atoms with Gasteiger partial charge in [-0.05, 0) is 32.2 Å². The van der Waals surface area contributed by atoms with Gasteiger partial charge in [-0.25, -0.2) is 0 Å². The predicted molar refractivity (Wildman–Crippen MR) is 41.9 cm³/mol. The molecule has 2 fully saturated rings. The zero-order valence-corrected chi connectivity index (χ0v) is 6.88. The van der Waals surface area contributed by atoms with Crippen molar-refractivity contribution < 1.29 is 5.21 Å². The number of nitrogens with one attached hydrogen (secondary N) is 1. The van der Waals surface area contributed by atoms with Crippen LogP contribution in [0.5, 0.6) is 0 Å². The molecule has 0 aromatic rings. The van der Waals surface area contributed by atoms with Gasteiger partial charge < -0.3 is 10.5 Å². The summed E-state index contributed by atoms with van der Waals surface area (Å²) < 4.78 is 0. The monoisotopic (exact) mass is 155 g/mol. The highest BCUT2D eigenvalue weighted by Gasteiger charge is 2.37. The second-order valence-electron chi connectivity index (χ2n) is 3.60. The van der Waals surface area contributed by atoms with Crippen molar-refractivity contribution in [3.8, 4) is 0 Å². The third-order valence-corrected chi connectivity index (χ3v) is 2.89. The number of hydrogen-bond donors (Lipinski definition) is 2. The molecular formula is C8H15N2O. The quantitative estimate of drug-likeness (QED) is 0.538. The van der Waals surface area contributed by atoms with Crippen LogP contribution in [0.4, 0.5) is 0 Å². The van der Waals surface area contributed by atoms with E-state index in [4.69, 9.17) is 0 Å². The number of nitrogens with zero attached hydrogens (tertiary/aromatic N) is 1. The van der Waals surface area contributed by atoms with Gasteiger partial charge in [0.2, 0.25) is 0 Å². The summed E-state index contributed by atoms with van der Waals surface area (Å²) in [6.07, 6.45) is 2.29. The van der Waals surface area contributed by atoms with Crippen LogP contribution in [0, 0.1) is 12.0 Å². The van der Waals surface area contributed by atoms with Crippen LogP contribution in [-0.2, 0) is 0 Å². The molecule has 2 N–H and O–H groups in total. The summed E-state index contributed by atoms with van der Waals surface area (Å²) >= 11 is 0. The molecule has 2 saturated heterocycles. The molecule has 0 bridgehead atoms. The molecule has 3 nitrogen and oxygen atoms in total. The first-order valence-electron chi connectivity index (χ1n) is 4.30. The lowest BCUT2D eigenvalue weighted by Crippen LogP contribution is -2.43. The maximum absolute atomic E-state index is 9.60. The molecule has 0 aromatic carbocycles. The van der Waals surface area contributed by atoms with Gasteiger partial charge in [-0.3, -0.25) is 0 Å². The Labute approximate surface area is 67.3 Å². The Balaban J connectivity index is 2.06. The van der Waals surface area contributed by atoms with E-state index in [-0.39, 0.29) is 0 Å². The van der Waals surface area contributed by atoms with E-state index in [2.05, 4.69) is 5.32 Å². The van der Waals surface area contributed by atoms with Gasteiger partial charge in [-0.2, -0.15) is 5.06 Å². The van der Waals surface area contributed by atoms with Gasteiger partial charge >= 0.3 is 0 Å². The zero-order chi connectivity index (χ0) is 7.84. The Morgan fingerprint density at radius 2 is 2.36 bits per heavy atom. The number of hydrogen-bond acceptors (Lipinski definition) is 3. The van der Waals surface area contributed by atoms with E-state index in [0.717, 1.165) is 25.6 Å². The summed E-state index contributed by atoms with van der Waals surface area (Å²) in [4.78, 5) is 0. The van der Waals surface area contributed by atoms with E-state index < -0.39 is 0 Å². The molecule has 3 heteroatoms. The number of hydroxylamine groups is 2. The smallest absolute Gasteiger partial charge is 0.0639 e. The molecule has 11 heavy (non-hydrogen) atoms. The van der Waals surface area contributed by atoms with Gasteiger partial charge in [0, 0.05) is 6.54 Å². The molecule has 1 radical (unpaired) electrons. The molecule has 0 amide bonds. The first-order valence-corrected chi connectivity index (χ1v) is 4.30.